The molecule has 0 aliphatic heterocycles. The van der Waals surface area contributed by atoms with Gasteiger partial charge in [-0.15, -0.1) is 0 Å². The Labute approximate surface area is 122 Å². The predicted molar refractivity (Wildman–Crippen MR) is 79.2 cm³/mol. The first-order valence-corrected chi connectivity index (χ1v) is 7.72. The lowest BCUT2D eigenvalue weighted by atomic mass is 9.89. The molecular weight excluding hydrogens is 256 g/mol. The van der Waals surface area contributed by atoms with Crippen molar-refractivity contribution in [3.63, 3.8) is 0 Å². The van der Waals surface area contributed by atoms with Crippen molar-refractivity contribution in [2.24, 2.45) is 17.6 Å². The van der Waals surface area contributed by atoms with Crippen LogP contribution in [0.15, 0.2) is 0 Å². The first-order valence-electron chi connectivity index (χ1n) is 7.72. The quantitative estimate of drug-likeness (QED) is 0.622. The van der Waals surface area contributed by atoms with Crippen LogP contribution in [0, 0.1) is 11.8 Å². The van der Waals surface area contributed by atoms with Gasteiger partial charge in [-0.25, -0.2) is 0 Å². The van der Waals surface area contributed by atoms with Crippen LogP contribution in [0.2, 0.25) is 0 Å². The van der Waals surface area contributed by atoms with Crippen LogP contribution in [0.3, 0.4) is 0 Å². The molecule has 5 nitrogen and oxygen atoms in total. The van der Waals surface area contributed by atoms with E-state index in [0.717, 1.165) is 12.8 Å². The van der Waals surface area contributed by atoms with Crippen LogP contribution < -0.4 is 11.1 Å². The number of carbonyl (C=O) groups is 1. The third-order valence-corrected chi connectivity index (χ3v) is 3.96. The number of aliphatic hydroxyl groups is 1. The van der Waals surface area contributed by atoms with Gasteiger partial charge in [-0.05, 0) is 24.7 Å². The van der Waals surface area contributed by atoms with E-state index >= 15 is 0 Å². The van der Waals surface area contributed by atoms with Gasteiger partial charge >= 0.3 is 0 Å². The largest absolute Gasteiger partial charge is 0.389 e. The monoisotopic (exact) mass is 286 g/mol. The van der Waals surface area contributed by atoms with Gasteiger partial charge in [-0.1, -0.05) is 33.6 Å². The molecule has 0 radical (unpaired) electrons. The van der Waals surface area contributed by atoms with Gasteiger partial charge in [0.05, 0.1) is 24.9 Å². The Morgan fingerprint density at radius 1 is 1.45 bits per heavy atom. The predicted octanol–water partition coefficient (Wildman–Crippen LogP) is 1.04. The van der Waals surface area contributed by atoms with Gasteiger partial charge in [0.15, 0.2) is 0 Å². The highest BCUT2D eigenvalue weighted by Crippen LogP contribution is 2.25. The van der Waals surface area contributed by atoms with E-state index in [0.29, 0.717) is 19.1 Å². The maximum atomic E-state index is 11.2. The van der Waals surface area contributed by atoms with E-state index in [9.17, 15) is 9.90 Å². The molecule has 1 aliphatic rings. The molecule has 0 aromatic carbocycles. The Morgan fingerprint density at radius 2 is 2.15 bits per heavy atom. The van der Waals surface area contributed by atoms with Crippen LogP contribution in [0.1, 0.15) is 46.5 Å². The van der Waals surface area contributed by atoms with Crippen LogP contribution in [-0.4, -0.2) is 42.4 Å². The van der Waals surface area contributed by atoms with Crippen molar-refractivity contribution in [3.05, 3.63) is 0 Å². The molecule has 0 aromatic rings. The molecule has 0 aromatic heterocycles. The molecule has 0 saturated heterocycles. The Hall–Kier alpha value is -0.650. The molecule has 4 atom stereocenters. The number of aliphatic hydroxyl groups excluding tert-OH is 1. The standard InChI is InChI=1S/C15H30N2O3/c1-10(2)14(15(16)19)17-8-12(18)9-20-13-6-4-5-11(3)7-13/h10-14,17-18H,4-9H2,1-3H3,(H2,16,19). The van der Waals surface area contributed by atoms with Gasteiger partial charge in [0.2, 0.25) is 5.91 Å². The first kappa shape index (κ1) is 17.4. The van der Waals surface area contributed by atoms with E-state index in [-0.39, 0.29) is 17.9 Å². The van der Waals surface area contributed by atoms with Gasteiger partial charge < -0.3 is 20.9 Å². The highest BCUT2D eigenvalue weighted by atomic mass is 16.5. The molecular formula is C15H30N2O3. The number of amides is 1. The molecule has 5 heteroatoms. The van der Waals surface area contributed by atoms with Crippen LogP contribution in [-0.2, 0) is 9.53 Å². The number of nitrogens with one attached hydrogen (secondary N) is 1. The van der Waals surface area contributed by atoms with Crippen LogP contribution in [0.25, 0.3) is 0 Å². The molecule has 0 heterocycles. The molecule has 1 fully saturated rings. The van der Waals surface area contributed by atoms with E-state index < -0.39 is 12.1 Å². The van der Waals surface area contributed by atoms with Gasteiger partial charge in [-0.3, -0.25) is 4.79 Å². The molecule has 1 aliphatic carbocycles. The SMILES string of the molecule is CC1CCCC(OCC(O)CNC(C(N)=O)C(C)C)C1. The second kappa shape index (κ2) is 8.60. The summed E-state index contributed by atoms with van der Waals surface area (Å²) in [6, 6.07) is -0.403. The topological polar surface area (TPSA) is 84.6 Å². The number of hydrogen-bond acceptors (Lipinski definition) is 4. The fourth-order valence-corrected chi connectivity index (χ4v) is 2.76. The zero-order valence-electron chi connectivity index (χ0n) is 13.0. The van der Waals surface area contributed by atoms with Crippen molar-refractivity contribution in [1.29, 1.82) is 0 Å². The van der Waals surface area contributed by atoms with E-state index in [1.165, 1.54) is 12.8 Å². The van der Waals surface area contributed by atoms with Crippen LogP contribution >= 0.6 is 0 Å². The Bertz CT molecular complexity index is 297. The smallest absolute Gasteiger partial charge is 0.234 e. The lowest BCUT2D eigenvalue weighted by molar-refractivity contribution is -0.121. The van der Waals surface area contributed by atoms with Gasteiger partial charge in [0.25, 0.3) is 0 Å². The highest BCUT2D eigenvalue weighted by Gasteiger charge is 2.22. The minimum absolute atomic E-state index is 0.111. The summed E-state index contributed by atoms with van der Waals surface area (Å²) in [6.07, 6.45) is 4.31. The Morgan fingerprint density at radius 3 is 2.70 bits per heavy atom. The second-order valence-corrected chi connectivity index (χ2v) is 6.41. The lowest BCUT2D eigenvalue weighted by Crippen LogP contribution is -2.48. The van der Waals surface area contributed by atoms with Crippen LogP contribution in [0.4, 0.5) is 0 Å². The summed E-state index contributed by atoms with van der Waals surface area (Å²) in [7, 11) is 0. The van der Waals surface area contributed by atoms with Crippen molar-refractivity contribution in [3.8, 4) is 0 Å². The zero-order valence-corrected chi connectivity index (χ0v) is 13.0. The fraction of sp³-hybridized carbons (Fsp3) is 0.933. The zero-order chi connectivity index (χ0) is 15.1. The van der Waals surface area contributed by atoms with E-state index in [1.807, 2.05) is 13.8 Å². The number of nitrogens with two attached hydrogens (primary N) is 1. The summed E-state index contributed by atoms with van der Waals surface area (Å²) in [5.41, 5.74) is 5.32. The summed E-state index contributed by atoms with van der Waals surface area (Å²) in [5.74, 6) is 0.443. The minimum Gasteiger partial charge on any atom is -0.389 e. The molecule has 20 heavy (non-hydrogen) atoms. The van der Waals surface area contributed by atoms with Gasteiger partial charge in [-0.2, -0.15) is 0 Å². The maximum Gasteiger partial charge on any atom is 0.234 e. The van der Waals surface area contributed by atoms with Gasteiger partial charge in [0, 0.05) is 6.54 Å². The molecule has 4 unspecified atom stereocenters. The van der Waals surface area contributed by atoms with Crippen molar-refractivity contribution in [1.82, 2.24) is 5.32 Å². The highest BCUT2D eigenvalue weighted by molar-refractivity contribution is 5.80. The Balaban J connectivity index is 2.22. The molecule has 1 amide bonds. The third kappa shape index (κ3) is 6.20. The van der Waals surface area contributed by atoms with Crippen molar-refractivity contribution in [2.75, 3.05) is 13.2 Å². The summed E-state index contributed by atoms with van der Waals surface area (Å²) in [6.45, 7) is 6.74. The molecule has 4 N–H and O–H groups in total. The van der Waals surface area contributed by atoms with Gasteiger partial charge in [0.1, 0.15) is 0 Å². The fourth-order valence-electron chi connectivity index (χ4n) is 2.76. The summed E-state index contributed by atoms with van der Waals surface area (Å²) in [4.78, 5) is 11.2. The van der Waals surface area contributed by atoms with E-state index in [2.05, 4.69) is 12.2 Å². The summed E-state index contributed by atoms with van der Waals surface area (Å²) in [5, 5.41) is 12.9. The molecule has 0 spiro atoms. The number of rotatable bonds is 8. The number of hydrogen-bond donors (Lipinski definition) is 3. The maximum absolute atomic E-state index is 11.2. The Kier molecular flexibility index (Phi) is 7.48. The van der Waals surface area contributed by atoms with Crippen molar-refractivity contribution in [2.45, 2.75) is 64.7 Å². The summed E-state index contributed by atoms with van der Waals surface area (Å²) < 4.78 is 5.76. The lowest BCUT2D eigenvalue weighted by Gasteiger charge is -2.28. The number of carbonyl (C=O) groups excluding carboxylic acids is 1. The minimum atomic E-state index is -0.604. The molecule has 1 rings (SSSR count). The third-order valence-electron chi connectivity index (χ3n) is 3.96. The second-order valence-electron chi connectivity index (χ2n) is 6.41. The first-order chi connectivity index (χ1) is 9.40. The van der Waals surface area contributed by atoms with E-state index in [4.69, 9.17) is 10.5 Å². The van der Waals surface area contributed by atoms with Crippen molar-refractivity contribution < 1.29 is 14.6 Å². The van der Waals surface area contributed by atoms with E-state index in [1.54, 1.807) is 0 Å². The average molecular weight is 286 g/mol. The molecule has 118 valence electrons. The molecule has 0 bridgehead atoms. The molecule has 1 saturated carbocycles. The van der Waals surface area contributed by atoms with Crippen molar-refractivity contribution >= 4 is 5.91 Å². The van der Waals surface area contributed by atoms with Crippen LogP contribution in [0.5, 0.6) is 0 Å². The normalized spacial score (nSPS) is 26.4. The number of primary amides is 1. The number of ether oxygens (including phenoxy) is 1. The average Bonchev–Trinajstić information content (AvgIpc) is 2.35. The summed E-state index contributed by atoms with van der Waals surface area (Å²) >= 11 is 0.